The van der Waals surface area contributed by atoms with Crippen LogP contribution in [-0.4, -0.2) is 19.7 Å². The first-order chi connectivity index (χ1) is 9.51. The minimum absolute atomic E-state index is 0.0480. The van der Waals surface area contributed by atoms with E-state index < -0.39 is 4.92 Å². The maximum atomic E-state index is 10.9. The van der Waals surface area contributed by atoms with Gasteiger partial charge in [0.25, 0.3) is 5.69 Å². The third kappa shape index (κ3) is 2.83. The van der Waals surface area contributed by atoms with Gasteiger partial charge in [-0.25, -0.2) is 0 Å². The Kier molecular flexibility index (Phi) is 3.80. The van der Waals surface area contributed by atoms with E-state index in [1.54, 1.807) is 17.0 Å². The van der Waals surface area contributed by atoms with Gasteiger partial charge in [-0.2, -0.15) is 0 Å². The zero-order chi connectivity index (χ0) is 14.7. The molecule has 1 aromatic carbocycles. The fourth-order valence-electron chi connectivity index (χ4n) is 1.88. The van der Waals surface area contributed by atoms with Crippen LogP contribution in [0.5, 0.6) is 0 Å². The SMILES string of the molecule is CC(Nc1cc(NN)cc([N+](=O)[O-])c1)c1nncn1C. The van der Waals surface area contributed by atoms with Gasteiger partial charge in [0.05, 0.1) is 16.7 Å². The van der Waals surface area contributed by atoms with Crippen LogP contribution in [0, 0.1) is 10.1 Å². The lowest BCUT2D eigenvalue weighted by Gasteiger charge is -2.15. The number of nitrogen functional groups attached to an aromatic ring is 1. The Morgan fingerprint density at radius 2 is 2.10 bits per heavy atom. The summed E-state index contributed by atoms with van der Waals surface area (Å²) in [6.07, 6.45) is 1.59. The van der Waals surface area contributed by atoms with Crippen molar-refractivity contribution in [1.29, 1.82) is 0 Å². The second-order valence-electron chi connectivity index (χ2n) is 4.34. The fraction of sp³-hybridized carbons (Fsp3) is 0.273. The first kappa shape index (κ1) is 13.7. The molecule has 2 rings (SSSR count). The van der Waals surface area contributed by atoms with Crippen LogP contribution in [0.3, 0.4) is 0 Å². The maximum Gasteiger partial charge on any atom is 0.273 e. The molecule has 20 heavy (non-hydrogen) atoms. The Bertz CT molecular complexity index is 625. The second-order valence-corrected chi connectivity index (χ2v) is 4.34. The van der Waals surface area contributed by atoms with Crippen LogP contribution in [0.1, 0.15) is 18.8 Å². The monoisotopic (exact) mass is 277 g/mol. The van der Waals surface area contributed by atoms with Gasteiger partial charge in [0.15, 0.2) is 5.82 Å². The van der Waals surface area contributed by atoms with Crippen LogP contribution in [0.4, 0.5) is 17.1 Å². The molecule has 0 amide bonds. The minimum Gasteiger partial charge on any atom is -0.375 e. The van der Waals surface area contributed by atoms with Crippen LogP contribution in [-0.2, 0) is 7.05 Å². The Labute approximate surface area is 114 Å². The molecule has 0 fully saturated rings. The van der Waals surface area contributed by atoms with Crippen molar-refractivity contribution in [2.24, 2.45) is 12.9 Å². The van der Waals surface area contributed by atoms with Crippen molar-refractivity contribution < 1.29 is 4.92 Å². The summed E-state index contributed by atoms with van der Waals surface area (Å²) >= 11 is 0. The largest absolute Gasteiger partial charge is 0.375 e. The number of nitrogens with one attached hydrogen (secondary N) is 2. The van der Waals surface area contributed by atoms with Gasteiger partial charge in [0.1, 0.15) is 6.33 Å². The summed E-state index contributed by atoms with van der Waals surface area (Å²) < 4.78 is 1.77. The first-order valence-corrected chi connectivity index (χ1v) is 5.88. The number of nitrogens with two attached hydrogens (primary N) is 1. The van der Waals surface area contributed by atoms with Crippen LogP contribution in [0.2, 0.25) is 0 Å². The zero-order valence-corrected chi connectivity index (χ0v) is 11.1. The summed E-state index contributed by atoms with van der Waals surface area (Å²) in [5.41, 5.74) is 3.38. The standard InChI is InChI=1S/C11H15N7O2/c1-7(11-16-13-6-17(11)2)14-8-3-9(15-12)5-10(4-8)18(19)20/h3-7,14-15H,12H2,1-2H3. The number of hydrogen-bond acceptors (Lipinski definition) is 7. The van der Waals surface area contributed by atoms with Crippen molar-refractivity contribution in [3.63, 3.8) is 0 Å². The van der Waals surface area contributed by atoms with Crippen molar-refractivity contribution in [3.8, 4) is 0 Å². The normalized spacial score (nSPS) is 11.9. The van der Waals surface area contributed by atoms with Crippen molar-refractivity contribution >= 4 is 17.1 Å². The number of rotatable bonds is 5. The van der Waals surface area contributed by atoms with E-state index in [0.29, 0.717) is 11.4 Å². The second kappa shape index (κ2) is 5.53. The summed E-state index contributed by atoms with van der Waals surface area (Å²) in [6.45, 7) is 1.89. The molecule has 0 aliphatic heterocycles. The molecule has 9 heteroatoms. The topological polar surface area (TPSA) is 124 Å². The summed E-state index contributed by atoms with van der Waals surface area (Å²) in [5.74, 6) is 6.03. The third-order valence-electron chi connectivity index (χ3n) is 2.81. The molecule has 0 bridgehead atoms. The van der Waals surface area contributed by atoms with E-state index in [9.17, 15) is 10.1 Å². The average molecular weight is 277 g/mol. The highest BCUT2D eigenvalue weighted by atomic mass is 16.6. The van der Waals surface area contributed by atoms with Crippen molar-refractivity contribution in [2.45, 2.75) is 13.0 Å². The van der Waals surface area contributed by atoms with Crippen LogP contribution >= 0.6 is 0 Å². The maximum absolute atomic E-state index is 10.9. The number of hydrogen-bond donors (Lipinski definition) is 3. The van der Waals surface area contributed by atoms with E-state index in [0.717, 1.165) is 5.82 Å². The number of nitro groups is 1. The lowest BCUT2D eigenvalue weighted by atomic mass is 10.2. The van der Waals surface area contributed by atoms with Gasteiger partial charge in [-0.05, 0) is 13.0 Å². The van der Waals surface area contributed by atoms with Crippen molar-refractivity contribution in [2.75, 3.05) is 10.7 Å². The predicted octanol–water partition coefficient (Wildman–Crippen LogP) is 1.18. The van der Waals surface area contributed by atoms with E-state index in [1.807, 2.05) is 14.0 Å². The average Bonchev–Trinajstić information content (AvgIpc) is 2.84. The molecule has 9 nitrogen and oxygen atoms in total. The van der Waals surface area contributed by atoms with Gasteiger partial charge >= 0.3 is 0 Å². The van der Waals surface area contributed by atoms with Crippen molar-refractivity contribution in [3.05, 3.63) is 40.5 Å². The molecule has 0 aliphatic carbocycles. The van der Waals surface area contributed by atoms with Gasteiger partial charge < -0.3 is 15.3 Å². The fourth-order valence-corrected chi connectivity index (χ4v) is 1.88. The Morgan fingerprint density at radius 3 is 2.65 bits per heavy atom. The zero-order valence-electron chi connectivity index (χ0n) is 11.1. The number of nitro benzene ring substituents is 1. The number of hydrazine groups is 1. The highest BCUT2D eigenvalue weighted by Crippen LogP contribution is 2.26. The summed E-state index contributed by atoms with van der Waals surface area (Å²) in [4.78, 5) is 10.4. The van der Waals surface area contributed by atoms with Crippen LogP contribution in [0.15, 0.2) is 24.5 Å². The molecular formula is C11H15N7O2. The smallest absolute Gasteiger partial charge is 0.273 e. The first-order valence-electron chi connectivity index (χ1n) is 5.88. The molecule has 1 unspecified atom stereocenters. The van der Waals surface area contributed by atoms with Crippen LogP contribution in [0.25, 0.3) is 0 Å². The van der Waals surface area contributed by atoms with E-state index in [2.05, 4.69) is 20.9 Å². The number of anilines is 2. The molecule has 0 spiro atoms. The molecule has 0 saturated heterocycles. The molecule has 1 atom stereocenters. The molecule has 4 N–H and O–H groups in total. The van der Waals surface area contributed by atoms with E-state index in [1.165, 1.54) is 12.1 Å². The Morgan fingerprint density at radius 1 is 1.40 bits per heavy atom. The van der Waals surface area contributed by atoms with E-state index in [-0.39, 0.29) is 11.7 Å². The quantitative estimate of drug-likeness (QED) is 0.426. The summed E-state index contributed by atoms with van der Waals surface area (Å²) in [6, 6.07) is 4.32. The highest BCUT2D eigenvalue weighted by Gasteiger charge is 2.14. The molecule has 106 valence electrons. The Hall–Kier alpha value is -2.68. The molecule has 0 radical (unpaired) electrons. The predicted molar refractivity (Wildman–Crippen MR) is 73.9 cm³/mol. The molecular weight excluding hydrogens is 262 g/mol. The number of nitrogens with zero attached hydrogens (tertiary/aromatic N) is 4. The molecule has 0 saturated carbocycles. The number of benzene rings is 1. The van der Waals surface area contributed by atoms with Gasteiger partial charge in [-0.15, -0.1) is 10.2 Å². The van der Waals surface area contributed by atoms with E-state index >= 15 is 0 Å². The van der Waals surface area contributed by atoms with Gasteiger partial charge in [0.2, 0.25) is 0 Å². The lowest BCUT2D eigenvalue weighted by molar-refractivity contribution is -0.384. The molecule has 2 aromatic rings. The number of aromatic nitrogens is 3. The highest BCUT2D eigenvalue weighted by molar-refractivity contribution is 5.63. The minimum atomic E-state index is -0.473. The van der Waals surface area contributed by atoms with Crippen molar-refractivity contribution in [1.82, 2.24) is 14.8 Å². The summed E-state index contributed by atoms with van der Waals surface area (Å²) in [5, 5.41) is 21.8. The van der Waals surface area contributed by atoms with Gasteiger partial charge in [0, 0.05) is 24.9 Å². The summed E-state index contributed by atoms with van der Waals surface area (Å²) in [7, 11) is 1.83. The lowest BCUT2D eigenvalue weighted by Crippen LogP contribution is -2.13. The van der Waals surface area contributed by atoms with E-state index in [4.69, 9.17) is 5.84 Å². The van der Waals surface area contributed by atoms with Gasteiger partial charge in [-0.3, -0.25) is 16.0 Å². The third-order valence-corrected chi connectivity index (χ3v) is 2.81. The molecule has 1 aromatic heterocycles. The molecule has 1 heterocycles. The molecule has 0 aliphatic rings. The number of aryl methyl sites for hydroxylation is 1. The Balaban J connectivity index is 2.26. The van der Waals surface area contributed by atoms with Gasteiger partial charge in [-0.1, -0.05) is 0 Å². The number of non-ortho nitro benzene ring substituents is 1. The van der Waals surface area contributed by atoms with Crippen LogP contribution < -0.4 is 16.6 Å².